The molecule has 1 amide bonds. The Balaban J connectivity index is 2.17. The molecule has 0 aliphatic heterocycles. The third kappa shape index (κ3) is 3.13. The lowest BCUT2D eigenvalue weighted by Gasteiger charge is -2.17. The van der Waals surface area contributed by atoms with Crippen molar-refractivity contribution in [3.05, 3.63) is 44.3 Å². The number of nitrogens with zero attached hydrogens (tertiary/aromatic N) is 2. The highest BCUT2D eigenvalue weighted by Gasteiger charge is 2.16. The molecular weight excluding hydrogens is 326 g/mol. The van der Waals surface area contributed by atoms with Gasteiger partial charge < -0.3 is 10.6 Å². The van der Waals surface area contributed by atoms with Crippen LogP contribution >= 0.6 is 27.3 Å². The van der Waals surface area contributed by atoms with Crippen LogP contribution in [0.5, 0.6) is 0 Å². The number of rotatable bonds is 3. The van der Waals surface area contributed by atoms with E-state index in [4.69, 9.17) is 5.73 Å². The van der Waals surface area contributed by atoms with E-state index in [1.54, 1.807) is 40.9 Å². The third-order valence-corrected chi connectivity index (χ3v) is 4.23. The minimum absolute atomic E-state index is 0.0854. The number of anilines is 1. The first kappa shape index (κ1) is 14.0. The molecule has 0 unspecified atom stereocenters. The summed E-state index contributed by atoms with van der Waals surface area (Å²) in [5.74, 6) is -0.0854. The summed E-state index contributed by atoms with van der Waals surface area (Å²) in [5.41, 5.74) is 9.63. The Kier molecular flexibility index (Phi) is 4.21. The highest BCUT2D eigenvalue weighted by atomic mass is 79.9. The van der Waals surface area contributed by atoms with Gasteiger partial charge in [-0.3, -0.25) is 4.79 Å². The van der Waals surface area contributed by atoms with Crippen molar-refractivity contribution < 1.29 is 4.79 Å². The molecule has 0 saturated carbocycles. The van der Waals surface area contributed by atoms with Gasteiger partial charge in [0, 0.05) is 22.1 Å². The molecule has 0 spiro atoms. The van der Waals surface area contributed by atoms with Gasteiger partial charge in [0.15, 0.2) is 0 Å². The second-order valence-corrected chi connectivity index (χ2v) is 6.11. The molecular formula is C13H14BrN3OS. The van der Waals surface area contributed by atoms with Crippen LogP contribution in [-0.2, 0) is 6.54 Å². The molecule has 0 atom stereocenters. The van der Waals surface area contributed by atoms with Crippen molar-refractivity contribution in [1.82, 2.24) is 9.88 Å². The number of halogens is 1. The zero-order valence-electron chi connectivity index (χ0n) is 10.7. The number of benzene rings is 1. The molecule has 0 radical (unpaired) electrons. The lowest BCUT2D eigenvalue weighted by atomic mass is 10.1. The third-order valence-electron chi connectivity index (χ3n) is 2.82. The van der Waals surface area contributed by atoms with Gasteiger partial charge in [-0.25, -0.2) is 4.98 Å². The molecule has 1 aromatic carbocycles. The fourth-order valence-electron chi connectivity index (χ4n) is 1.70. The van der Waals surface area contributed by atoms with E-state index < -0.39 is 0 Å². The summed E-state index contributed by atoms with van der Waals surface area (Å²) in [6.07, 6.45) is 0. The summed E-state index contributed by atoms with van der Waals surface area (Å²) in [7, 11) is 1.77. The molecule has 2 N–H and O–H groups in total. The fourth-order valence-corrected chi connectivity index (χ4v) is 2.91. The number of nitrogens with two attached hydrogens (primary N) is 1. The predicted octanol–water partition coefficient (Wildman–Crippen LogP) is 3.07. The van der Waals surface area contributed by atoms with Crippen LogP contribution in [0.3, 0.4) is 0 Å². The second-order valence-electron chi connectivity index (χ2n) is 4.25. The Labute approximate surface area is 124 Å². The Morgan fingerprint density at radius 2 is 2.26 bits per heavy atom. The van der Waals surface area contributed by atoms with Crippen LogP contribution in [0.15, 0.2) is 28.2 Å². The molecule has 0 saturated heterocycles. The molecule has 0 fully saturated rings. The van der Waals surface area contributed by atoms with Crippen LogP contribution in [-0.4, -0.2) is 22.8 Å². The number of thiazole rings is 1. The first-order valence-corrected chi connectivity index (χ1v) is 7.35. The van der Waals surface area contributed by atoms with Crippen molar-refractivity contribution in [2.45, 2.75) is 13.5 Å². The summed E-state index contributed by atoms with van der Waals surface area (Å²) in [5, 5.41) is 0. The Morgan fingerprint density at radius 1 is 1.53 bits per heavy atom. The average Bonchev–Trinajstić information content (AvgIpc) is 2.74. The number of hydrogen-bond acceptors (Lipinski definition) is 4. The second kappa shape index (κ2) is 5.71. The summed E-state index contributed by atoms with van der Waals surface area (Å²) in [6, 6.07) is 5.28. The molecule has 4 nitrogen and oxygen atoms in total. The van der Waals surface area contributed by atoms with Gasteiger partial charge in [-0.2, -0.15) is 0 Å². The van der Waals surface area contributed by atoms with Gasteiger partial charge in [0.2, 0.25) is 0 Å². The van der Waals surface area contributed by atoms with E-state index in [0.29, 0.717) is 17.8 Å². The van der Waals surface area contributed by atoms with Gasteiger partial charge in [0.25, 0.3) is 5.91 Å². The maximum atomic E-state index is 12.3. The van der Waals surface area contributed by atoms with E-state index in [2.05, 4.69) is 20.9 Å². The largest absolute Gasteiger partial charge is 0.398 e. The number of hydrogen-bond donors (Lipinski definition) is 1. The van der Waals surface area contributed by atoms with Crippen LogP contribution < -0.4 is 5.73 Å². The molecule has 0 bridgehead atoms. The number of carbonyl (C=O) groups is 1. The smallest absolute Gasteiger partial charge is 0.256 e. The summed E-state index contributed by atoms with van der Waals surface area (Å²) in [4.78, 5) is 19.3. The summed E-state index contributed by atoms with van der Waals surface area (Å²) in [6.45, 7) is 2.49. The average molecular weight is 340 g/mol. The zero-order chi connectivity index (χ0) is 14.0. The normalized spacial score (nSPS) is 10.5. The van der Waals surface area contributed by atoms with Gasteiger partial charge in [-0.05, 0) is 25.1 Å². The Bertz CT molecular complexity index is 612. The standard InChI is InChI=1S/C13H14BrN3OS/c1-8-12(19-7-16-8)6-17(2)13(18)10-4-3-9(14)5-11(10)15/h3-5,7H,6,15H2,1-2H3. The van der Waals surface area contributed by atoms with E-state index in [1.165, 1.54) is 0 Å². The molecule has 2 aromatic rings. The van der Waals surface area contributed by atoms with E-state index in [9.17, 15) is 4.79 Å². The number of amides is 1. The first-order valence-electron chi connectivity index (χ1n) is 5.68. The molecule has 0 aliphatic carbocycles. The molecule has 1 heterocycles. The maximum absolute atomic E-state index is 12.3. The number of nitrogen functional groups attached to an aromatic ring is 1. The van der Waals surface area contributed by atoms with Gasteiger partial charge >= 0.3 is 0 Å². The van der Waals surface area contributed by atoms with Crippen LogP contribution in [0.1, 0.15) is 20.9 Å². The predicted molar refractivity (Wildman–Crippen MR) is 81.2 cm³/mol. The Hall–Kier alpha value is -1.40. The maximum Gasteiger partial charge on any atom is 0.256 e. The lowest BCUT2D eigenvalue weighted by molar-refractivity contribution is 0.0787. The fraction of sp³-hybridized carbons (Fsp3) is 0.231. The quantitative estimate of drug-likeness (QED) is 0.874. The monoisotopic (exact) mass is 339 g/mol. The van der Waals surface area contributed by atoms with Crippen molar-refractivity contribution in [2.75, 3.05) is 12.8 Å². The number of aromatic nitrogens is 1. The molecule has 1 aromatic heterocycles. The van der Waals surface area contributed by atoms with Gasteiger partial charge in [-0.15, -0.1) is 11.3 Å². The van der Waals surface area contributed by atoms with Crippen LogP contribution in [0.25, 0.3) is 0 Å². The topological polar surface area (TPSA) is 59.2 Å². The van der Waals surface area contributed by atoms with Crippen molar-refractivity contribution in [1.29, 1.82) is 0 Å². The molecule has 0 aliphatic rings. The van der Waals surface area contributed by atoms with E-state index in [1.807, 2.05) is 13.0 Å². The van der Waals surface area contributed by atoms with Crippen molar-refractivity contribution >= 4 is 38.9 Å². The first-order chi connectivity index (χ1) is 8.99. The summed E-state index contributed by atoms with van der Waals surface area (Å²) >= 11 is 4.88. The van der Waals surface area contributed by atoms with E-state index in [-0.39, 0.29) is 5.91 Å². The molecule has 19 heavy (non-hydrogen) atoms. The van der Waals surface area contributed by atoms with Crippen LogP contribution in [0, 0.1) is 6.92 Å². The van der Waals surface area contributed by atoms with Gasteiger partial charge in [0.1, 0.15) is 0 Å². The molecule has 100 valence electrons. The minimum atomic E-state index is -0.0854. The SMILES string of the molecule is Cc1ncsc1CN(C)C(=O)c1ccc(Br)cc1N. The van der Waals surface area contributed by atoms with Crippen LogP contribution in [0.4, 0.5) is 5.69 Å². The highest BCUT2D eigenvalue weighted by molar-refractivity contribution is 9.10. The number of aryl methyl sites for hydroxylation is 1. The highest BCUT2D eigenvalue weighted by Crippen LogP contribution is 2.21. The molecule has 2 rings (SSSR count). The molecule has 6 heteroatoms. The number of carbonyl (C=O) groups excluding carboxylic acids is 1. The summed E-state index contributed by atoms with van der Waals surface area (Å²) < 4.78 is 0.863. The van der Waals surface area contributed by atoms with Crippen molar-refractivity contribution in [3.8, 4) is 0 Å². The minimum Gasteiger partial charge on any atom is -0.398 e. The van der Waals surface area contributed by atoms with E-state index >= 15 is 0 Å². The lowest BCUT2D eigenvalue weighted by Crippen LogP contribution is -2.26. The van der Waals surface area contributed by atoms with Crippen molar-refractivity contribution in [3.63, 3.8) is 0 Å². The Morgan fingerprint density at radius 3 is 2.84 bits per heavy atom. The van der Waals surface area contributed by atoms with Crippen molar-refractivity contribution in [2.24, 2.45) is 0 Å². The van der Waals surface area contributed by atoms with Gasteiger partial charge in [0.05, 0.1) is 23.3 Å². The zero-order valence-corrected chi connectivity index (χ0v) is 13.1. The van der Waals surface area contributed by atoms with Gasteiger partial charge in [-0.1, -0.05) is 15.9 Å². The van der Waals surface area contributed by atoms with E-state index in [0.717, 1.165) is 15.0 Å². The van der Waals surface area contributed by atoms with Crippen LogP contribution in [0.2, 0.25) is 0 Å².